The summed E-state index contributed by atoms with van der Waals surface area (Å²) in [7, 11) is -1.68. The molecule has 4 aromatic carbocycles. The van der Waals surface area contributed by atoms with E-state index in [0.29, 0.717) is 57.7 Å². The van der Waals surface area contributed by atoms with Crippen LogP contribution in [0.5, 0.6) is 0 Å². The van der Waals surface area contributed by atoms with E-state index in [2.05, 4.69) is 46.5 Å². The molecule has 3 aromatic heterocycles. The molecule has 0 saturated carbocycles. The third-order valence-electron chi connectivity index (χ3n) is 11.9. The van der Waals surface area contributed by atoms with Gasteiger partial charge in [-0.2, -0.15) is 4.98 Å². The molecule has 0 aliphatic carbocycles. The van der Waals surface area contributed by atoms with E-state index < -0.39 is 57.5 Å². The minimum absolute atomic E-state index is 0.0200. The van der Waals surface area contributed by atoms with Gasteiger partial charge in [0.25, 0.3) is 11.8 Å². The number of para-hydroxylation sites is 2. The number of nitrogens with zero attached hydrogens (tertiary/aromatic N) is 7. The van der Waals surface area contributed by atoms with Gasteiger partial charge in [0, 0.05) is 76.6 Å². The van der Waals surface area contributed by atoms with Gasteiger partial charge in [-0.05, 0) is 113 Å². The van der Waals surface area contributed by atoms with Crippen LogP contribution in [0.2, 0.25) is 0 Å². The first-order valence-electron chi connectivity index (χ1n) is 24.0. The van der Waals surface area contributed by atoms with E-state index in [1.165, 1.54) is 18.4 Å². The lowest BCUT2D eigenvalue weighted by molar-refractivity contribution is 0.0934. The Labute approximate surface area is 437 Å². The van der Waals surface area contributed by atoms with Crippen LogP contribution in [0.3, 0.4) is 0 Å². The first kappa shape index (κ1) is 53.6. The number of fused-ring (bicyclic) bond motifs is 2. The molecule has 17 nitrogen and oxygen atoms in total. The van der Waals surface area contributed by atoms with Crippen LogP contribution in [0.15, 0.2) is 102 Å². The fourth-order valence-electron chi connectivity index (χ4n) is 8.35. The number of carbonyl (C=O) groups excluding carboxylic acids is 4. The molecule has 1 atom stereocenters. The van der Waals surface area contributed by atoms with Gasteiger partial charge in [0.2, 0.25) is 11.1 Å². The Bertz CT molecular complexity index is 3400. The molecule has 5 N–H and O–H groups in total. The monoisotopic (exact) mass is 1060 g/mol. The third-order valence-corrected chi connectivity index (χ3v) is 12.6. The molecule has 2 aliphatic rings. The van der Waals surface area contributed by atoms with E-state index in [1.54, 1.807) is 36.5 Å². The van der Waals surface area contributed by atoms with Gasteiger partial charge >= 0.3 is 12.1 Å². The summed E-state index contributed by atoms with van der Waals surface area (Å²) in [5, 5.41) is 14.0. The number of carbonyl (C=O) groups is 4. The highest BCUT2D eigenvalue weighted by Crippen LogP contribution is 2.41. The van der Waals surface area contributed by atoms with E-state index in [1.807, 2.05) is 65.8 Å². The molecular weight excluding hydrogens is 1000 g/mol. The van der Waals surface area contributed by atoms with Crippen LogP contribution >= 0.6 is 0 Å². The summed E-state index contributed by atoms with van der Waals surface area (Å²) in [6.07, 6.45) is 3.63. The fourth-order valence-corrected chi connectivity index (χ4v) is 8.78. The Morgan fingerprint density at radius 3 is 1.57 bits per heavy atom. The van der Waals surface area contributed by atoms with Gasteiger partial charge in [-0.15, -0.1) is 0 Å². The van der Waals surface area contributed by atoms with Crippen molar-refractivity contribution >= 4 is 63.6 Å². The van der Waals surface area contributed by atoms with Gasteiger partial charge in [-0.25, -0.2) is 51.9 Å². The Morgan fingerprint density at radius 2 is 1.12 bits per heavy atom. The average Bonchev–Trinajstić information content (AvgIpc) is 3.40. The standard InChI is InChI=1S/C30H29F2N7O2.C24H23F2N5O3S/c1-17(2)36-28(40)19-11-10-18(3)21(15-19)25-22-16-35-30(41)39(26-23(31)8-6-9-24(26)32)27(22)38-29(37-25)34-14-12-20-7-4-5-13-33-20;1-12(2)28-22(32)14-9-8-13(3)15(10-14)19-16-11-27-24(33)31(20-17(25)6-5-7-18(20)26)21(16)30-23(29-19)35(4)34/h4-11,13,15,17H,12,14,16H2,1-3H3,(H,35,41)(H,36,40)(H,34,37,38);5-10,12H,11H2,1-4H3,(H,27,33)(H,28,32). The minimum atomic E-state index is -1.68. The molecule has 0 radical (unpaired) electrons. The molecule has 2 aliphatic heterocycles. The summed E-state index contributed by atoms with van der Waals surface area (Å²) >= 11 is 0. The zero-order chi connectivity index (χ0) is 54.5. The van der Waals surface area contributed by atoms with Gasteiger partial charge in [0.1, 0.15) is 34.6 Å². The average molecular weight is 1060 g/mol. The number of nitrogens with one attached hydrogen (secondary N) is 5. The maximum absolute atomic E-state index is 15.0. The number of amides is 6. The molecular formula is C54H52F4N12O5S. The van der Waals surface area contributed by atoms with E-state index in [9.17, 15) is 40.9 Å². The number of aryl methyl sites for hydroxylation is 2. The van der Waals surface area contributed by atoms with Crippen molar-refractivity contribution < 1.29 is 40.9 Å². The van der Waals surface area contributed by atoms with Gasteiger partial charge in [0.05, 0.1) is 35.3 Å². The number of halogens is 4. The highest BCUT2D eigenvalue weighted by Gasteiger charge is 2.36. The molecule has 0 saturated heterocycles. The highest BCUT2D eigenvalue weighted by molar-refractivity contribution is 7.84. The molecule has 392 valence electrons. The number of pyridine rings is 1. The van der Waals surface area contributed by atoms with Crippen LogP contribution in [0.1, 0.15) is 76.4 Å². The number of anilines is 5. The summed E-state index contributed by atoms with van der Waals surface area (Å²) < 4.78 is 71.7. The van der Waals surface area contributed by atoms with E-state index in [0.717, 1.165) is 50.9 Å². The van der Waals surface area contributed by atoms with Crippen molar-refractivity contribution in [3.8, 4) is 22.5 Å². The summed E-state index contributed by atoms with van der Waals surface area (Å²) in [6, 6.07) is 20.9. The molecule has 0 fully saturated rings. The van der Waals surface area contributed by atoms with Gasteiger partial charge in [-0.3, -0.25) is 18.8 Å². The van der Waals surface area contributed by atoms with Crippen LogP contribution in [0, 0.1) is 37.1 Å². The maximum Gasteiger partial charge on any atom is 0.328 e. The van der Waals surface area contributed by atoms with Gasteiger partial charge in [0.15, 0.2) is 11.6 Å². The van der Waals surface area contributed by atoms with Crippen LogP contribution < -0.4 is 36.4 Å². The van der Waals surface area contributed by atoms with Crippen LogP contribution in [0.25, 0.3) is 22.5 Å². The van der Waals surface area contributed by atoms with Gasteiger partial charge < -0.3 is 26.6 Å². The fraction of sp³-hybridized carbons (Fsp3) is 0.241. The molecule has 0 spiro atoms. The Kier molecular flexibility index (Phi) is 16.1. The second-order valence-corrected chi connectivity index (χ2v) is 19.5. The molecule has 7 aromatic rings. The summed E-state index contributed by atoms with van der Waals surface area (Å²) in [6.45, 7) is 11.5. The normalized spacial score (nSPS) is 13.2. The second-order valence-electron chi connectivity index (χ2n) is 18.3. The van der Waals surface area contributed by atoms with Crippen molar-refractivity contribution in [1.29, 1.82) is 0 Å². The molecule has 1 unspecified atom stereocenters. The van der Waals surface area contributed by atoms with Crippen molar-refractivity contribution in [2.75, 3.05) is 27.9 Å². The molecule has 9 rings (SSSR count). The van der Waals surface area contributed by atoms with Crippen molar-refractivity contribution in [2.45, 2.75) is 78.3 Å². The Balaban J connectivity index is 0.000000204. The zero-order valence-electron chi connectivity index (χ0n) is 42.3. The Morgan fingerprint density at radius 1 is 0.645 bits per heavy atom. The first-order chi connectivity index (χ1) is 36.3. The second kappa shape index (κ2) is 22.8. The molecule has 0 bridgehead atoms. The quantitative estimate of drug-likeness (QED) is 0.0542. The smallest absolute Gasteiger partial charge is 0.328 e. The first-order valence-corrected chi connectivity index (χ1v) is 25.5. The maximum atomic E-state index is 15.0. The van der Waals surface area contributed by atoms with E-state index in [-0.39, 0.29) is 59.7 Å². The van der Waals surface area contributed by atoms with Gasteiger partial charge in [-0.1, -0.05) is 30.3 Å². The number of hydrogen-bond acceptors (Lipinski definition) is 11. The van der Waals surface area contributed by atoms with Crippen LogP contribution in [0.4, 0.5) is 56.1 Å². The number of aromatic nitrogens is 5. The predicted octanol–water partition coefficient (Wildman–Crippen LogP) is 9.25. The molecule has 22 heteroatoms. The van der Waals surface area contributed by atoms with Crippen molar-refractivity contribution in [3.63, 3.8) is 0 Å². The lowest BCUT2D eigenvalue weighted by atomic mass is 9.97. The van der Waals surface area contributed by atoms with Crippen molar-refractivity contribution in [3.05, 3.63) is 160 Å². The minimum Gasteiger partial charge on any atom is -0.354 e. The van der Waals surface area contributed by atoms with Crippen molar-refractivity contribution in [2.24, 2.45) is 0 Å². The largest absolute Gasteiger partial charge is 0.354 e. The SMILES string of the molecule is Cc1ccc(C(=O)NC(C)C)cc1-c1nc(NCCc2ccccn2)nc2c1CNC(=O)N2c1c(F)cccc1F.Cc1ccc(C(=O)NC(C)C)cc1-c1nc(S(C)=O)nc2c1CNC(=O)N2c1c(F)cccc1F. The predicted molar refractivity (Wildman–Crippen MR) is 280 cm³/mol. The highest BCUT2D eigenvalue weighted by atomic mass is 32.2. The van der Waals surface area contributed by atoms with E-state index in [4.69, 9.17) is 4.98 Å². The lowest BCUT2D eigenvalue weighted by Gasteiger charge is -2.31. The third kappa shape index (κ3) is 11.5. The number of urea groups is 2. The zero-order valence-corrected chi connectivity index (χ0v) is 43.1. The number of benzene rings is 4. The molecule has 6 amide bonds. The summed E-state index contributed by atoms with van der Waals surface area (Å²) in [4.78, 5) is 75.4. The number of rotatable bonds is 13. The number of hydrogen-bond donors (Lipinski definition) is 5. The lowest BCUT2D eigenvalue weighted by Crippen LogP contribution is -2.43. The van der Waals surface area contributed by atoms with E-state index >= 15 is 0 Å². The topological polar surface area (TPSA) is 216 Å². The van der Waals surface area contributed by atoms with Crippen molar-refractivity contribution in [1.82, 2.24) is 46.2 Å². The summed E-state index contributed by atoms with van der Waals surface area (Å²) in [5.74, 6) is -4.17. The molecule has 76 heavy (non-hydrogen) atoms. The molecule has 5 heterocycles. The Hall–Kier alpha value is -8.66. The summed E-state index contributed by atoms with van der Waals surface area (Å²) in [5.41, 5.74) is 4.78. The van der Waals surface area contributed by atoms with Crippen LogP contribution in [-0.2, 0) is 30.3 Å². The van der Waals surface area contributed by atoms with Crippen LogP contribution in [-0.4, -0.2) is 77.9 Å².